The van der Waals surface area contributed by atoms with E-state index in [1.165, 1.54) is 5.56 Å². The Morgan fingerprint density at radius 1 is 0.925 bits per heavy atom. The maximum absolute atomic E-state index is 6.28. The van der Waals surface area contributed by atoms with Crippen molar-refractivity contribution < 1.29 is 0 Å². The van der Waals surface area contributed by atoms with Crippen molar-refractivity contribution in [3.05, 3.63) is 89.6 Å². The van der Waals surface area contributed by atoms with Crippen LogP contribution in [0, 0.1) is 0 Å². The average molecular weight is 556 g/mol. The molecule has 0 radical (unpaired) electrons. The minimum atomic E-state index is 0. The SMILES string of the molecule is C.CC.Nc1ncccc1-c1nc2ccc(-c3cccc(Cl)c3)nc2n1-c1ccc(CN2CCC(N)CC2)cc1. The van der Waals surface area contributed by atoms with Gasteiger partial charge in [-0.1, -0.05) is 57.1 Å². The van der Waals surface area contributed by atoms with E-state index >= 15 is 0 Å². The molecule has 3 aromatic heterocycles. The lowest BCUT2D eigenvalue weighted by Gasteiger charge is -2.30. The van der Waals surface area contributed by atoms with Crippen LogP contribution in [0.1, 0.15) is 39.7 Å². The zero-order chi connectivity index (χ0) is 27.4. The van der Waals surface area contributed by atoms with Crippen molar-refractivity contribution in [2.24, 2.45) is 5.73 Å². The maximum Gasteiger partial charge on any atom is 0.165 e. The fraction of sp³-hybridized carbons (Fsp3) is 0.281. The summed E-state index contributed by atoms with van der Waals surface area (Å²) < 4.78 is 2.06. The number of aromatic nitrogens is 4. The Morgan fingerprint density at radius 2 is 1.68 bits per heavy atom. The van der Waals surface area contributed by atoms with E-state index in [2.05, 4.69) is 38.7 Å². The first-order valence-electron chi connectivity index (χ1n) is 13.5. The summed E-state index contributed by atoms with van der Waals surface area (Å²) in [6, 6.07) is 24.4. The van der Waals surface area contributed by atoms with Gasteiger partial charge in [0.05, 0.1) is 11.3 Å². The molecular formula is C32H38ClN7. The summed E-state index contributed by atoms with van der Waals surface area (Å²) in [4.78, 5) is 16.7. The van der Waals surface area contributed by atoms with Gasteiger partial charge in [-0.25, -0.2) is 15.0 Å². The quantitative estimate of drug-likeness (QED) is 0.243. The van der Waals surface area contributed by atoms with Crippen LogP contribution in [0.4, 0.5) is 5.82 Å². The normalized spacial score (nSPS) is 13.9. The smallest absolute Gasteiger partial charge is 0.165 e. The number of piperidine rings is 1. The highest BCUT2D eigenvalue weighted by Gasteiger charge is 2.20. The predicted octanol–water partition coefficient (Wildman–Crippen LogP) is 6.97. The van der Waals surface area contributed by atoms with Gasteiger partial charge in [-0.05, 0) is 80.0 Å². The number of benzene rings is 2. The summed E-state index contributed by atoms with van der Waals surface area (Å²) in [5.41, 5.74) is 18.6. The number of fused-ring (bicyclic) bond motifs is 1. The van der Waals surface area contributed by atoms with Crippen LogP contribution in [0.15, 0.2) is 79.0 Å². The molecule has 0 spiro atoms. The third-order valence-electron chi connectivity index (χ3n) is 6.94. The summed E-state index contributed by atoms with van der Waals surface area (Å²) >= 11 is 6.26. The first-order chi connectivity index (χ1) is 19.0. The number of nitrogen functional groups attached to an aromatic ring is 1. The van der Waals surface area contributed by atoms with Gasteiger partial charge in [-0.15, -0.1) is 0 Å². The Morgan fingerprint density at radius 3 is 2.38 bits per heavy atom. The van der Waals surface area contributed by atoms with Crippen LogP contribution in [0.2, 0.25) is 5.02 Å². The molecule has 1 aliphatic heterocycles. The molecule has 2 aromatic carbocycles. The molecule has 1 saturated heterocycles. The molecule has 0 unspecified atom stereocenters. The number of nitrogens with zero attached hydrogens (tertiary/aromatic N) is 5. The van der Waals surface area contributed by atoms with Crippen LogP contribution in [0.3, 0.4) is 0 Å². The molecule has 1 aliphatic rings. The number of anilines is 1. The molecule has 208 valence electrons. The third kappa shape index (κ3) is 6.17. The second-order valence-corrected chi connectivity index (χ2v) is 9.97. The topological polar surface area (TPSA) is 98.9 Å². The van der Waals surface area contributed by atoms with Crippen LogP contribution in [0.25, 0.3) is 39.5 Å². The molecule has 0 atom stereocenters. The first-order valence-corrected chi connectivity index (χ1v) is 13.9. The van der Waals surface area contributed by atoms with Gasteiger partial charge >= 0.3 is 0 Å². The molecular weight excluding hydrogens is 518 g/mol. The Hall–Kier alpha value is -3.78. The molecule has 40 heavy (non-hydrogen) atoms. The number of pyridine rings is 2. The van der Waals surface area contributed by atoms with Crippen molar-refractivity contribution in [2.75, 3.05) is 18.8 Å². The van der Waals surface area contributed by atoms with Crippen molar-refractivity contribution in [1.82, 2.24) is 24.4 Å². The standard InChI is InChI=1S/C29H28ClN7.C2H6.CH4/c30-21-4-1-3-20(17-21)25-10-11-26-29(34-25)37(28(35-26)24-5-2-14-33-27(24)32)23-8-6-19(7-9-23)18-36-15-12-22(31)13-16-36;1-2;/h1-11,14,17,22H,12-13,15-16,18,31H2,(H2,32,33);1-2H3;1H4. The van der Waals surface area contributed by atoms with E-state index in [1.54, 1.807) is 6.20 Å². The number of imidazole rings is 1. The molecule has 0 aliphatic carbocycles. The van der Waals surface area contributed by atoms with Crippen LogP contribution in [0.5, 0.6) is 0 Å². The van der Waals surface area contributed by atoms with Gasteiger partial charge in [-0.3, -0.25) is 9.47 Å². The minimum Gasteiger partial charge on any atom is -0.383 e. The molecule has 7 nitrogen and oxygen atoms in total. The largest absolute Gasteiger partial charge is 0.383 e. The molecule has 0 saturated carbocycles. The fourth-order valence-electron chi connectivity index (χ4n) is 4.92. The lowest BCUT2D eigenvalue weighted by molar-refractivity contribution is 0.205. The zero-order valence-electron chi connectivity index (χ0n) is 22.4. The van der Waals surface area contributed by atoms with E-state index in [0.717, 1.165) is 66.1 Å². The molecule has 5 aromatic rings. The first kappa shape index (κ1) is 29.2. The average Bonchev–Trinajstić information content (AvgIpc) is 3.34. The van der Waals surface area contributed by atoms with Gasteiger partial charge in [0.25, 0.3) is 0 Å². The molecule has 0 bridgehead atoms. The summed E-state index contributed by atoms with van der Waals surface area (Å²) in [6.07, 6.45) is 3.79. The molecule has 0 amide bonds. The Labute approximate surface area is 241 Å². The monoisotopic (exact) mass is 555 g/mol. The highest BCUT2D eigenvalue weighted by Crippen LogP contribution is 2.32. The summed E-state index contributed by atoms with van der Waals surface area (Å²) in [5, 5.41) is 0.669. The van der Waals surface area contributed by atoms with E-state index in [-0.39, 0.29) is 7.43 Å². The van der Waals surface area contributed by atoms with Gasteiger partial charge < -0.3 is 11.5 Å². The summed E-state index contributed by atoms with van der Waals surface area (Å²) in [7, 11) is 0. The number of halogens is 1. The van der Waals surface area contributed by atoms with Crippen LogP contribution in [-0.2, 0) is 6.54 Å². The Balaban J connectivity index is 0.00000121. The number of hydrogen-bond donors (Lipinski definition) is 2. The minimum absolute atomic E-state index is 0. The zero-order valence-corrected chi connectivity index (χ0v) is 23.1. The van der Waals surface area contributed by atoms with Crippen molar-refractivity contribution >= 4 is 28.6 Å². The third-order valence-corrected chi connectivity index (χ3v) is 7.17. The van der Waals surface area contributed by atoms with E-state index < -0.39 is 0 Å². The number of hydrogen-bond acceptors (Lipinski definition) is 6. The number of rotatable bonds is 5. The highest BCUT2D eigenvalue weighted by atomic mass is 35.5. The van der Waals surface area contributed by atoms with Gasteiger partial charge in [0.1, 0.15) is 11.3 Å². The van der Waals surface area contributed by atoms with Gasteiger partial charge in [0, 0.05) is 35.1 Å². The van der Waals surface area contributed by atoms with Gasteiger partial charge in [-0.2, -0.15) is 0 Å². The van der Waals surface area contributed by atoms with Crippen LogP contribution < -0.4 is 11.5 Å². The molecule has 4 heterocycles. The van der Waals surface area contributed by atoms with Crippen molar-refractivity contribution in [3.8, 4) is 28.3 Å². The second kappa shape index (κ2) is 13.0. The molecule has 6 rings (SSSR count). The van der Waals surface area contributed by atoms with E-state index in [9.17, 15) is 0 Å². The highest BCUT2D eigenvalue weighted by molar-refractivity contribution is 6.30. The van der Waals surface area contributed by atoms with E-state index in [1.807, 2.05) is 62.4 Å². The van der Waals surface area contributed by atoms with Gasteiger partial charge in [0.2, 0.25) is 0 Å². The Bertz CT molecular complexity index is 1550. The summed E-state index contributed by atoms with van der Waals surface area (Å²) in [6.45, 7) is 6.99. The van der Waals surface area contributed by atoms with Crippen molar-refractivity contribution in [1.29, 1.82) is 0 Å². The van der Waals surface area contributed by atoms with E-state index in [0.29, 0.717) is 22.7 Å². The maximum atomic E-state index is 6.28. The lowest BCUT2D eigenvalue weighted by Crippen LogP contribution is -2.39. The van der Waals surface area contributed by atoms with E-state index in [4.69, 9.17) is 33.0 Å². The summed E-state index contributed by atoms with van der Waals surface area (Å²) in [5.74, 6) is 1.13. The van der Waals surface area contributed by atoms with Gasteiger partial charge in [0.15, 0.2) is 11.5 Å². The Kier molecular flexibility index (Phi) is 9.53. The lowest BCUT2D eigenvalue weighted by atomic mass is 10.1. The fourth-order valence-corrected chi connectivity index (χ4v) is 5.11. The predicted molar refractivity (Wildman–Crippen MR) is 168 cm³/mol. The van der Waals surface area contributed by atoms with Crippen LogP contribution in [-0.4, -0.2) is 43.6 Å². The molecule has 1 fully saturated rings. The second-order valence-electron chi connectivity index (χ2n) is 9.54. The molecule has 8 heteroatoms. The number of likely N-dealkylation sites (tertiary alicyclic amines) is 1. The molecule has 4 N–H and O–H groups in total. The van der Waals surface area contributed by atoms with Crippen LogP contribution >= 0.6 is 11.6 Å². The van der Waals surface area contributed by atoms with Crippen molar-refractivity contribution in [2.45, 2.75) is 46.7 Å². The van der Waals surface area contributed by atoms with Crippen molar-refractivity contribution in [3.63, 3.8) is 0 Å². The number of nitrogens with two attached hydrogens (primary N) is 2.